The molecule has 0 bridgehead atoms. The summed E-state index contributed by atoms with van der Waals surface area (Å²) in [5.41, 5.74) is -0.0732. The van der Waals surface area contributed by atoms with Gasteiger partial charge in [-0.15, -0.1) is 0 Å². The molecule has 0 radical (unpaired) electrons. The van der Waals surface area contributed by atoms with Crippen LogP contribution in [0.25, 0.3) is 0 Å². The van der Waals surface area contributed by atoms with E-state index in [0.717, 1.165) is 31.2 Å². The van der Waals surface area contributed by atoms with Crippen molar-refractivity contribution in [2.24, 2.45) is 0 Å². The summed E-state index contributed by atoms with van der Waals surface area (Å²) in [5.74, 6) is -2.01. The average molecular weight is 329 g/mol. The van der Waals surface area contributed by atoms with Crippen molar-refractivity contribution >= 4 is 5.91 Å². The zero-order valence-corrected chi connectivity index (χ0v) is 13.1. The molecule has 23 heavy (non-hydrogen) atoms. The third-order valence-corrected chi connectivity index (χ3v) is 4.54. The van der Waals surface area contributed by atoms with Crippen LogP contribution in [0.15, 0.2) is 24.3 Å². The molecule has 128 valence electrons. The molecule has 1 fully saturated rings. The summed E-state index contributed by atoms with van der Waals surface area (Å²) in [5, 5.41) is 13.1. The van der Waals surface area contributed by atoms with Crippen molar-refractivity contribution in [1.29, 1.82) is 0 Å². The van der Waals surface area contributed by atoms with Crippen LogP contribution in [0, 0.1) is 6.92 Å². The fraction of sp³-hybridized carbons (Fsp3) is 0.588. The number of halogens is 3. The second kappa shape index (κ2) is 6.91. The van der Waals surface area contributed by atoms with Crippen LogP contribution in [0.5, 0.6) is 0 Å². The topological polar surface area (TPSA) is 49.3 Å². The number of aliphatic hydroxyl groups is 1. The minimum Gasteiger partial charge on any atom is -0.387 e. The number of hydrogen-bond donors (Lipinski definition) is 2. The molecular weight excluding hydrogens is 307 g/mol. The third-order valence-electron chi connectivity index (χ3n) is 4.54. The fourth-order valence-corrected chi connectivity index (χ4v) is 3.25. The molecule has 3 nitrogen and oxygen atoms in total. The van der Waals surface area contributed by atoms with Crippen molar-refractivity contribution in [3.05, 3.63) is 35.4 Å². The van der Waals surface area contributed by atoms with Gasteiger partial charge in [0.15, 0.2) is 0 Å². The molecule has 0 aromatic heterocycles. The molecule has 1 aliphatic rings. The first-order valence-electron chi connectivity index (χ1n) is 7.90. The second-order valence-corrected chi connectivity index (χ2v) is 6.28. The molecule has 1 unspecified atom stereocenters. The number of nitrogens with one attached hydrogen (secondary N) is 1. The van der Waals surface area contributed by atoms with E-state index in [0.29, 0.717) is 18.4 Å². The van der Waals surface area contributed by atoms with Crippen molar-refractivity contribution in [2.45, 2.75) is 63.3 Å². The second-order valence-electron chi connectivity index (χ2n) is 6.28. The summed E-state index contributed by atoms with van der Waals surface area (Å²) in [4.78, 5) is 11.5. The number of hydrogen-bond acceptors (Lipinski definition) is 2. The minimum absolute atomic E-state index is 0.379. The lowest BCUT2D eigenvalue weighted by molar-refractivity contribution is -0.176. The zero-order chi connectivity index (χ0) is 17.1. The number of carbonyl (C=O) groups excluding carboxylic acids is 1. The number of aryl methyl sites for hydroxylation is 1. The van der Waals surface area contributed by atoms with Crippen LogP contribution < -0.4 is 5.32 Å². The highest BCUT2D eigenvalue weighted by Gasteiger charge is 2.45. The Bertz CT molecular complexity index is 549. The zero-order valence-electron chi connectivity index (χ0n) is 13.1. The molecule has 1 amide bonds. The van der Waals surface area contributed by atoms with Gasteiger partial charge >= 0.3 is 12.1 Å². The summed E-state index contributed by atoms with van der Waals surface area (Å²) < 4.78 is 38.1. The van der Waals surface area contributed by atoms with Crippen LogP contribution in [0.3, 0.4) is 0 Å². The maximum atomic E-state index is 12.7. The molecule has 0 heterocycles. The van der Waals surface area contributed by atoms with Gasteiger partial charge < -0.3 is 10.4 Å². The van der Waals surface area contributed by atoms with Gasteiger partial charge in [0.05, 0.1) is 11.6 Å². The lowest BCUT2D eigenvalue weighted by Crippen LogP contribution is -2.49. The highest BCUT2D eigenvalue weighted by Crippen LogP contribution is 2.39. The summed E-state index contributed by atoms with van der Waals surface area (Å²) in [6.45, 7) is 1.77. The van der Waals surface area contributed by atoms with E-state index in [4.69, 9.17) is 0 Å². The minimum atomic E-state index is -4.97. The third kappa shape index (κ3) is 4.25. The number of rotatable bonds is 3. The number of alkyl halides is 3. The molecule has 1 aromatic rings. The Labute approximate surface area is 133 Å². The van der Waals surface area contributed by atoms with Crippen molar-refractivity contribution in [2.75, 3.05) is 0 Å². The van der Waals surface area contributed by atoms with E-state index in [1.807, 2.05) is 5.32 Å². The maximum Gasteiger partial charge on any atom is 0.471 e. The van der Waals surface area contributed by atoms with E-state index in [1.165, 1.54) is 0 Å². The van der Waals surface area contributed by atoms with E-state index in [9.17, 15) is 23.1 Å². The lowest BCUT2D eigenvalue weighted by Gasteiger charge is -2.37. The van der Waals surface area contributed by atoms with Gasteiger partial charge in [-0.3, -0.25) is 4.79 Å². The Kier molecular flexibility index (Phi) is 5.34. The SMILES string of the molecule is Cc1ccccc1C(NC(=O)C(F)(F)F)C1(O)CCCCCC1. The van der Waals surface area contributed by atoms with Gasteiger partial charge in [-0.2, -0.15) is 13.2 Å². The largest absolute Gasteiger partial charge is 0.471 e. The van der Waals surface area contributed by atoms with E-state index in [-0.39, 0.29) is 0 Å². The first-order chi connectivity index (χ1) is 10.7. The average Bonchev–Trinajstić information content (AvgIpc) is 2.70. The van der Waals surface area contributed by atoms with Crippen LogP contribution in [-0.2, 0) is 4.79 Å². The molecular formula is C17H22F3NO2. The predicted octanol–water partition coefficient (Wildman–Crippen LogP) is 3.80. The summed E-state index contributed by atoms with van der Waals surface area (Å²) in [6.07, 6.45) is -0.857. The van der Waals surface area contributed by atoms with Crippen LogP contribution in [0.1, 0.15) is 55.7 Å². The Morgan fingerprint density at radius 1 is 1.17 bits per heavy atom. The standard InChI is InChI=1S/C17H22F3NO2/c1-12-8-4-5-9-13(12)14(21-15(22)17(18,19)20)16(23)10-6-2-3-7-11-16/h4-5,8-9,14,23H,2-3,6-7,10-11H2,1H3,(H,21,22). The monoisotopic (exact) mass is 329 g/mol. The highest BCUT2D eigenvalue weighted by molar-refractivity contribution is 5.82. The first kappa shape index (κ1) is 17.8. The Morgan fingerprint density at radius 3 is 2.26 bits per heavy atom. The van der Waals surface area contributed by atoms with E-state index >= 15 is 0 Å². The van der Waals surface area contributed by atoms with Gasteiger partial charge in [-0.1, -0.05) is 49.9 Å². The van der Waals surface area contributed by atoms with Gasteiger partial charge in [-0.25, -0.2) is 0 Å². The molecule has 2 N–H and O–H groups in total. The fourth-order valence-electron chi connectivity index (χ4n) is 3.25. The van der Waals surface area contributed by atoms with E-state index < -0.39 is 23.7 Å². The summed E-state index contributed by atoms with van der Waals surface area (Å²) in [7, 11) is 0. The Balaban J connectivity index is 2.38. The van der Waals surface area contributed by atoms with E-state index in [2.05, 4.69) is 0 Å². The van der Waals surface area contributed by atoms with Crippen molar-refractivity contribution in [3.8, 4) is 0 Å². The number of amides is 1. The van der Waals surface area contributed by atoms with Crippen molar-refractivity contribution in [3.63, 3.8) is 0 Å². The van der Waals surface area contributed by atoms with Gasteiger partial charge in [0.2, 0.25) is 0 Å². The molecule has 0 saturated heterocycles. The molecule has 1 atom stereocenters. The van der Waals surface area contributed by atoms with Gasteiger partial charge in [-0.05, 0) is 30.9 Å². The van der Waals surface area contributed by atoms with Crippen LogP contribution in [0.2, 0.25) is 0 Å². The molecule has 0 spiro atoms. The Morgan fingerprint density at radius 2 is 1.74 bits per heavy atom. The highest BCUT2D eigenvalue weighted by atomic mass is 19.4. The van der Waals surface area contributed by atoms with Gasteiger partial charge in [0.1, 0.15) is 0 Å². The van der Waals surface area contributed by atoms with Gasteiger partial charge in [0.25, 0.3) is 0 Å². The first-order valence-corrected chi connectivity index (χ1v) is 7.90. The summed E-state index contributed by atoms with van der Waals surface area (Å²) >= 11 is 0. The quantitative estimate of drug-likeness (QED) is 0.829. The van der Waals surface area contributed by atoms with Crippen LogP contribution in [0.4, 0.5) is 13.2 Å². The van der Waals surface area contributed by atoms with Crippen LogP contribution >= 0.6 is 0 Å². The maximum absolute atomic E-state index is 12.7. The summed E-state index contributed by atoms with van der Waals surface area (Å²) in [6, 6.07) is 5.85. The van der Waals surface area contributed by atoms with Crippen LogP contribution in [-0.4, -0.2) is 22.8 Å². The predicted molar refractivity (Wildman–Crippen MR) is 80.8 cm³/mol. The normalized spacial score (nSPS) is 19.7. The lowest BCUT2D eigenvalue weighted by atomic mass is 9.81. The molecule has 1 saturated carbocycles. The Hall–Kier alpha value is -1.56. The number of carbonyl (C=O) groups is 1. The van der Waals surface area contributed by atoms with E-state index in [1.54, 1.807) is 31.2 Å². The molecule has 1 aromatic carbocycles. The molecule has 0 aliphatic heterocycles. The van der Waals surface area contributed by atoms with Crippen molar-refractivity contribution in [1.82, 2.24) is 5.32 Å². The molecule has 1 aliphatic carbocycles. The van der Waals surface area contributed by atoms with Crippen molar-refractivity contribution < 1.29 is 23.1 Å². The molecule has 2 rings (SSSR count). The smallest absolute Gasteiger partial charge is 0.387 e. The number of benzene rings is 1. The molecule has 6 heteroatoms. The van der Waals surface area contributed by atoms with Gasteiger partial charge in [0, 0.05) is 0 Å².